The molecule has 5 nitrogen and oxygen atoms in total. The van der Waals surface area contributed by atoms with Crippen LogP contribution in [0.5, 0.6) is 0 Å². The van der Waals surface area contributed by atoms with Crippen molar-refractivity contribution in [3.8, 4) is 0 Å². The van der Waals surface area contributed by atoms with E-state index in [-0.39, 0.29) is 0 Å². The van der Waals surface area contributed by atoms with E-state index in [9.17, 15) is 4.79 Å². The van der Waals surface area contributed by atoms with Crippen LogP contribution < -0.4 is 17.2 Å². The maximum atomic E-state index is 11.4. The third-order valence-corrected chi connectivity index (χ3v) is 2.08. The third kappa shape index (κ3) is 1.18. The summed E-state index contributed by atoms with van der Waals surface area (Å²) >= 11 is 0. The number of oxazole rings is 1. The average Bonchev–Trinajstić information content (AvgIpc) is 2.47. The second-order valence-corrected chi connectivity index (χ2v) is 3.00. The quantitative estimate of drug-likeness (QED) is 0.664. The van der Waals surface area contributed by atoms with Gasteiger partial charge in [-0.05, 0) is 12.1 Å². The molecule has 0 spiro atoms. The van der Waals surface area contributed by atoms with Gasteiger partial charge in [-0.2, -0.15) is 0 Å². The molecular formula is C9H11N3O2. The first-order valence-electron chi connectivity index (χ1n) is 4.32. The van der Waals surface area contributed by atoms with Crippen molar-refractivity contribution >= 4 is 16.8 Å². The van der Waals surface area contributed by atoms with E-state index in [1.165, 1.54) is 4.57 Å². The molecule has 0 aliphatic rings. The highest BCUT2D eigenvalue weighted by molar-refractivity contribution is 5.84. The summed E-state index contributed by atoms with van der Waals surface area (Å²) in [5, 5.41) is 0. The fourth-order valence-electron chi connectivity index (χ4n) is 1.45. The van der Waals surface area contributed by atoms with Gasteiger partial charge in [0.05, 0.1) is 11.2 Å². The topological polar surface area (TPSA) is 87.2 Å². The SMILES string of the molecule is NCCn1c(=O)oc2c(N)cccc21. The summed E-state index contributed by atoms with van der Waals surface area (Å²) in [6.45, 7) is 0.832. The second-order valence-electron chi connectivity index (χ2n) is 3.00. The number of rotatable bonds is 2. The lowest BCUT2D eigenvalue weighted by molar-refractivity contribution is 0.508. The van der Waals surface area contributed by atoms with Crippen LogP contribution in [0.2, 0.25) is 0 Å². The number of para-hydroxylation sites is 1. The number of anilines is 1. The van der Waals surface area contributed by atoms with Crippen LogP contribution in [0.25, 0.3) is 11.1 Å². The summed E-state index contributed by atoms with van der Waals surface area (Å²) in [6.07, 6.45) is 0. The maximum Gasteiger partial charge on any atom is 0.420 e. The first-order chi connectivity index (χ1) is 6.74. The molecule has 0 saturated carbocycles. The van der Waals surface area contributed by atoms with Gasteiger partial charge >= 0.3 is 5.76 Å². The number of aromatic nitrogens is 1. The number of benzene rings is 1. The molecule has 5 heteroatoms. The Kier molecular flexibility index (Phi) is 2.01. The summed E-state index contributed by atoms with van der Waals surface area (Å²) in [7, 11) is 0. The van der Waals surface area contributed by atoms with Gasteiger partial charge in [0, 0.05) is 13.1 Å². The van der Waals surface area contributed by atoms with Gasteiger partial charge < -0.3 is 15.9 Å². The molecule has 0 fully saturated rings. The van der Waals surface area contributed by atoms with Crippen LogP contribution in [-0.2, 0) is 6.54 Å². The van der Waals surface area contributed by atoms with Gasteiger partial charge in [0.1, 0.15) is 0 Å². The van der Waals surface area contributed by atoms with Crippen molar-refractivity contribution in [2.45, 2.75) is 6.54 Å². The summed E-state index contributed by atoms with van der Waals surface area (Å²) < 4.78 is 6.49. The van der Waals surface area contributed by atoms with Crippen LogP contribution in [-0.4, -0.2) is 11.1 Å². The van der Waals surface area contributed by atoms with E-state index in [1.807, 2.05) is 0 Å². The Morgan fingerprint density at radius 3 is 2.93 bits per heavy atom. The molecule has 4 N–H and O–H groups in total. The molecule has 2 rings (SSSR count). The van der Waals surface area contributed by atoms with Crippen LogP contribution in [0.1, 0.15) is 0 Å². The molecular weight excluding hydrogens is 182 g/mol. The number of hydrogen-bond acceptors (Lipinski definition) is 4. The molecule has 0 amide bonds. The Bertz CT molecular complexity index is 512. The second kappa shape index (κ2) is 3.19. The van der Waals surface area contributed by atoms with Crippen molar-refractivity contribution in [3.63, 3.8) is 0 Å². The molecule has 1 aromatic carbocycles. The maximum absolute atomic E-state index is 11.4. The van der Waals surface area contributed by atoms with E-state index in [0.29, 0.717) is 29.9 Å². The molecule has 0 radical (unpaired) electrons. The zero-order chi connectivity index (χ0) is 10.1. The van der Waals surface area contributed by atoms with Gasteiger partial charge in [0.15, 0.2) is 5.58 Å². The first-order valence-corrected chi connectivity index (χ1v) is 4.32. The molecule has 0 saturated heterocycles. The molecule has 74 valence electrons. The zero-order valence-electron chi connectivity index (χ0n) is 7.56. The van der Waals surface area contributed by atoms with Crippen molar-refractivity contribution in [2.75, 3.05) is 12.3 Å². The number of nitrogens with zero attached hydrogens (tertiary/aromatic N) is 1. The van der Waals surface area contributed by atoms with E-state index in [2.05, 4.69) is 0 Å². The highest BCUT2D eigenvalue weighted by Crippen LogP contribution is 2.18. The summed E-state index contributed by atoms with van der Waals surface area (Å²) in [5.41, 5.74) is 12.6. The molecule has 0 aliphatic carbocycles. The molecule has 14 heavy (non-hydrogen) atoms. The number of nitrogens with two attached hydrogens (primary N) is 2. The molecule has 2 aromatic rings. The molecule has 0 aliphatic heterocycles. The van der Waals surface area contributed by atoms with Gasteiger partial charge in [0.25, 0.3) is 0 Å². The predicted molar refractivity (Wildman–Crippen MR) is 53.9 cm³/mol. The van der Waals surface area contributed by atoms with E-state index >= 15 is 0 Å². The van der Waals surface area contributed by atoms with Crippen LogP contribution in [0.15, 0.2) is 27.4 Å². The van der Waals surface area contributed by atoms with Crippen LogP contribution in [0.4, 0.5) is 5.69 Å². The van der Waals surface area contributed by atoms with E-state index in [4.69, 9.17) is 15.9 Å². The van der Waals surface area contributed by atoms with E-state index < -0.39 is 5.76 Å². The van der Waals surface area contributed by atoms with Gasteiger partial charge in [-0.15, -0.1) is 0 Å². The Morgan fingerprint density at radius 2 is 2.21 bits per heavy atom. The third-order valence-electron chi connectivity index (χ3n) is 2.08. The van der Waals surface area contributed by atoms with E-state index in [1.54, 1.807) is 18.2 Å². The van der Waals surface area contributed by atoms with Gasteiger partial charge in [0.2, 0.25) is 0 Å². The van der Waals surface area contributed by atoms with Crippen molar-refractivity contribution in [1.82, 2.24) is 4.57 Å². The smallest absolute Gasteiger partial charge is 0.405 e. The highest BCUT2D eigenvalue weighted by Gasteiger charge is 2.09. The average molecular weight is 193 g/mol. The molecule has 0 unspecified atom stereocenters. The van der Waals surface area contributed by atoms with Gasteiger partial charge in [-0.25, -0.2) is 4.79 Å². The number of fused-ring (bicyclic) bond motifs is 1. The Morgan fingerprint density at radius 1 is 1.43 bits per heavy atom. The van der Waals surface area contributed by atoms with Crippen LogP contribution in [0, 0.1) is 0 Å². The first kappa shape index (κ1) is 8.83. The standard InChI is InChI=1S/C9H11N3O2/c10-4-5-12-7-3-1-2-6(11)8(7)14-9(12)13/h1-3H,4-5,10-11H2. The normalized spacial score (nSPS) is 10.9. The Hall–Kier alpha value is -1.75. The number of hydrogen-bond donors (Lipinski definition) is 2. The van der Waals surface area contributed by atoms with Crippen molar-refractivity contribution < 1.29 is 4.42 Å². The van der Waals surface area contributed by atoms with Crippen LogP contribution in [0.3, 0.4) is 0 Å². The van der Waals surface area contributed by atoms with E-state index in [0.717, 1.165) is 0 Å². The Labute approximate surface area is 79.9 Å². The number of nitrogen functional groups attached to an aromatic ring is 1. The summed E-state index contributed by atoms with van der Waals surface area (Å²) in [4.78, 5) is 11.4. The van der Waals surface area contributed by atoms with Gasteiger partial charge in [-0.3, -0.25) is 4.57 Å². The lowest BCUT2D eigenvalue weighted by Crippen LogP contribution is -2.19. The minimum atomic E-state index is -0.414. The molecule has 1 heterocycles. The minimum Gasteiger partial charge on any atom is -0.405 e. The Balaban J connectivity index is 2.77. The van der Waals surface area contributed by atoms with Crippen LogP contribution >= 0.6 is 0 Å². The lowest BCUT2D eigenvalue weighted by atomic mass is 10.3. The monoisotopic (exact) mass is 193 g/mol. The minimum absolute atomic E-state index is 0.392. The summed E-state index contributed by atoms with van der Waals surface area (Å²) in [5.74, 6) is -0.414. The molecule has 1 aromatic heterocycles. The van der Waals surface area contributed by atoms with Crippen molar-refractivity contribution in [2.24, 2.45) is 5.73 Å². The summed E-state index contributed by atoms with van der Waals surface area (Å²) in [6, 6.07) is 5.25. The van der Waals surface area contributed by atoms with Crippen molar-refractivity contribution in [3.05, 3.63) is 28.7 Å². The predicted octanol–water partition coefficient (Wildman–Crippen LogP) is 0.135. The van der Waals surface area contributed by atoms with Gasteiger partial charge in [-0.1, -0.05) is 6.07 Å². The molecule has 0 atom stereocenters. The lowest BCUT2D eigenvalue weighted by Gasteiger charge is -1.98. The highest BCUT2D eigenvalue weighted by atomic mass is 16.4. The fourth-order valence-corrected chi connectivity index (χ4v) is 1.45. The zero-order valence-corrected chi connectivity index (χ0v) is 7.56. The largest absolute Gasteiger partial charge is 0.420 e. The molecule has 0 bridgehead atoms. The van der Waals surface area contributed by atoms with Crippen molar-refractivity contribution in [1.29, 1.82) is 0 Å². The fraction of sp³-hybridized carbons (Fsp3) is 0.222.